The number of benzene rings is 2. The van der Waals surface area contributed by atoms with Crippen molar-refractivity contribution in [3.8, 4) is 5.75 Å². The van der Waals surface area contributed by atoms with E-state index in [4.69, 9.17) is 17.0 Å². The van der Waals surface area contributed by atoms with Gasteiger partial charge >= 0.3 is 0 Å². The molecule has 2 rings (SSSR count). The number of amides is 1. The predicted molar refractivity (Wildman–Crippen MR) is 108 cm³/mol. The Morgan fingerprint density at radius 3 is 2.56 bits per heavy atom. The van der Waals surface area contributed by atoms with Gasteiger partial charge in [-0.15, -0.1) is 0 Å². The number of carbonyl (C=O) groups excluding carboxylic acids is 1. The minimum Gasteiger partial charge on any atom is -0.490 e. The Morgan fingerprint density at radius 1 is 1.24 bits per heavy atom. The van der Waals surface area contributed by atoms with Crippen LogP contribution in [0.25, 0.3) is 0 Å². The zero-order valence-electron chi connectivity index (χ0n) is 14.5. The van der Waals surface area contributed by atoms with Crippen LogP contribution in [-0.4, -0.2) is 29.1 Å². The fraction of sp³-hybridized carbons (Fsp3) is 0.263. The Kier molecular flexibility index (Phi) is 6.96. The molecule has 0 aliphatic carbocycles. The summed E-state index contributed by atoms with van der Waals surface area (Å²) in [6, 6.07) is 15.3. The second-order valence-corrected chi connectivity index (χ2v) is 7.21. The molecule has 0 aliphatic heterocycles. The van der Waals surface area contributed by atoms with Gasteiger partial charge < -0.3 is 9.64 Å². The molecule has 0 fully saturated rings. The number of rotatable bonds is 5. The molecule has 132 valence electrons. The Morgan fingerprint density at radius 2 is 1.92 bits per heavy atom. The molecule has 2 aromatic carbocycles. The Hall–Kier alpha value is -1.92. The van der Waals surface area contributed by atoms with Gasteiger partial charge in [-0.05, 0) is 49.8 Å². The van der Waals surface area contributed by atoms with Crippen LogP contribution in [0.2, 0.25) is 0 Å². The van der Waals surface area contributed by atoms with Gasteiger partial charge in [0.1, 0.15) is 5.75 Å². The Bertz CT molecular complexity index is 750. The molecular weight excluding hydrogens is 400 g/mol. The Labute approximate surface area is 162 Å². The molecule has 0 unspecified atom stereocenters. The van der Waals surface area contributed by atoms with E-state index in [2.05, 4.69) is 21.2 Å². The van der Waals surface area contributed by atoms with Crippen molar-refractivity contribution in [1.82, 2.24) is 10.2 Å². The van der Waals surface area contributed by atoms with Gasteiger partial charge in [-0.2, -0.15) is 0 Å². The predicted octanol–water partition coefficient (Wildman–Crippen LogP) is 4.38. The van der Waals surface area contributed by atoms with Gasteiger partial charge in [-0.1, -0.05) is 46.3 Å². The van der Waals surface area contributed by atoms with Crippen LogP contribution < -0.4 is 10.1 Å². The summed E-state index contributed by atoms with van der Waals surface area (Å²) in [7, 11) is 1.85. The Balaban J connectivity index is 2.08. The van der Waals surface area contributed by atoms with E-state index in [-0.39, 0.29) is 12.0 Å². The fourth-order valence-corrected chi connectivity index (χ4v) is 2.74. The SMILES string of the molecule is CC(C)Oc1ccc(Br)cc1C(=O)NC(=S)N(C)Cc1ccccc1. The van der Waals surface area contributed by atoms with Crippen LogP contribution >= 0.6 is 28.1 Å². The van der Waals surface area contributed by atoms with E-state index in [1.165, 1.54) is 0 Å². The lowest BCUT2D eigenvalue weighted by molar-refractivity contribution is 0.0968. The molecule has 0 heterocycles. The van der Waals surface area contributed by atoms with Crippen LogP contribution in [-0.2, 0) is 6.54 Å². The van der Waals surface area contributed by atoms with Crippen molar-refractivity contribution in [2.75, 3.05) is 7.05 Å². The second-order valence-electron chi connectivity index (χ2n) is 5.91. The molecule has 0 saturated carbocycles. The smallest absolute Gasteiger partial charge is 0.261 e. The zero-order valence-corrected chi connectivity index (χ0v) is 16.9. The minimum absolute atomic E-state index is 0.0274. The molecular formula is C19H21BrN2O2S. The van der Waals surface area contributed by atoms with E-state index in [1.54, 1.807) is 12.1 Å². The number of nitrogens with zero attached hydrogens (tertiary/aromatic N) is 1. The summed E-state index contributed by atoms with van der Waals surface area (Å²) >= 11 is 8.75. The third-order valence-corrected chi connectivity index (χ3v) is 4.29. The van der Waals surface area contributed by atoms with Crippen molar-refractivity contribution in [2.24, 2.45) is 0 Å². The van der Waals surface area contributed by atoms with Crippen molar-refractivity contribution in [1.29, 1.82) is 0 Å². The summed E-state index contributed by atoms with van der Waals surface area (Å²) in [5.41, 5.74) is 1.56. The maximum absolute atomic E-state index is 12.6. The minimum atomic E-state index is -0.290. The van der Waals surface area contributed by atoms with E-state index >= 15 is 0 Å². The molecule has 1 amide bonds. The molecule has 0 bridgehead atoms. The molecule has 4 nitrogen and oxygen atoms in total. The first-order chi connectivity index (χ1) is 11.9. The molecule has 0 radical (unpaired) electrons. The largest absolute Gasteiger partial charge is 0.490 e. The summed E-state index contributed by atoms with van der Waals surface area (Å²) < 4.78 is 6.52. The van der Waals surface area contributed by atoms with Gasteiger partial charge in [0.15, 0.2) is 5.11 Å². The van der Waals surface area contributed by atoms with Crippen LogP contribution in [0.1, 0.15) is 29.8 Å². The van der Waals surface area contributed by atoms with Gasteiger partial charge in [-0.3, -0.25) is 10.1 Å². The number of halogens is 1. The normalized spacial score (nSPS) is 10.4. The van der Waals surface area contributed by atoms with E-state index < -0.39 is 0 Å². The lowest BCUT2D eigenvalue weighted by Crippen LogP contribution is -2.40. The van der Waals surface area contributed by atoms with E-state index in [1.807, 2.05) is 62.2 Å². The third kappa shape index (κ3) is 5.83. The summed E-state index contributed by atoms with van der Waals surface area (Å²) in [4.78, 5) is 14.5. The summed E-state index contributed by atoms with van der Waals surface area (Å²) in [5, 5.41) is 3.14. The molecule has 2 aromatic rings. The van der Waals surface area contributed by atoms with Crippen LogP contribution in [0.3, 0.4) is 0 Å². The maximum Gasteiger partial charge on any atom is 0.261 e. The monoisotopic (exact) mass is 420 g/mol. The van der Waals surface area contributed by atoms with Crippen molar-refractivity contribution in [3.63, 3.8) is 0 Å². The van der Waals surface area contributed by atoms with Gasteiger partial charge in [0, 0.05) is 18.1 Å². The molecule has 25 heavy (non-hydrogen) atoms. The van der Waals surface area contributed by atoms with Crippen LogP contribution in [0.15, 0.2) is 53.0 Å². The number of hydrogen-bond acceptors (Lipinski definition) is 3. The number of thiocarbonyl (C=S) groups is 1. The summed E-state index contributed by atoms with van der Waals surface area (Å²) in [6.07, 6.45) is -0.0274. The average molecular weight is 421 g/mol. The highest BCUT2D eigenvalue weighted by atomic mass is 79.9. The fourth-order valence-electron chi connectivity index (χ4n) is 2.23. The first-order valence-corrected chi connectivity index (χ1v) is 9.13. The first kappa shape index (κ1) is 19.4. The lowest BCUT2D eigenvalue weighted by atomic mass is 10.2. The highest BCUT2D eigenvalue weighted by Gasteiger charge is 2.17. The van der Waals surface area contributed by atoms with Crippen molar-refractivity contribution < 1.29 is 9.53 Å². The molecule has 0 atom stereocenters. The lowest BCUT2D eigenvalue weighted by Gasteiger charge is -2.21. The van der Waals surface area contributed by atoms with Crippen molar-refractivity contribution >= 4 is 39.2 Å². The maximum atomic E-state index is 12.6. The molecule has 1 N–H and O–H groups in total. The average Bonchev–Trinajstić information content (AvgIpc) is 2.56. The molecule has 0 spiro atoms. The number of hydrogen-bond donors (Lipinski definition) is 1. The van der Waals surface area contributed by atoms with E-state index in [9.17, 15) is 4.79 Å². The highest BCUT2D eigenvalue weighted by molar-refractivity contribution is 9.10. The molecule has 0 aromatic heterocycles. The van der Waals surface area contributed by atoms with E-state index in [0.717, 1.165) is 10.0 Å². The van der Waals surface area contributed by atoms with Crippen LogP contribution in [0, 0.1) is 0 Å². The van der Waals surface area contributed by atoms with Gasteiger partial charge in [-0.25, -0.2) is 0 Å². The third-order valence-electron chi connectivity index (χ3n) is 3.38. The molecule has 0 saturated heterocycles. The molecule has 0 aliphatic rings. The van der Waals surface area contributed by atoms with E-state index in [0.29, 0.717) is 23.0 Å². The zero-order chi connectivity index (χ0) is 18.4. The number of nitrogens with one attached hydrogen (secondary N) is 1. The first-order valence-electron chi connectivity index (χ1n) is 7.93. The van der Waals surface area contributed by atoms with Crippen LogP contribution in [0.5, 0.6) is 5.75 Å². The van der Waals surface area contributed by atoms with Crippen molar-refractivity contribution in [2.45, 2.75) is 26.5 Å². The van der Waals surface area contributed by atoms with Gasteiger partial charge in [0.25, 0.3) is 5.91 Å². The molecule has 6 heteroatoms. The summed E-state index contributed by atoms with van der Waals surface area (Å²) in [6.45, 7) is 4.46. The highest BCUT2D eigenvalue weighted by Crippen LogP contribution is 2.24. The van der Waals surface area contributed by atoms with Gasteiger partial charge in [0.2, 0.25) is 0 Å². The van der Waals surface area contributed by atoms with Crippen molar-refractivity contribution in [3.05, 3.63) is 64.1 Å². The number of ether oxygens (including phenoxy) is 1. The van der Waals surface area contributed by atoms with Gasteiger partial charge in [0.05, 0.1) is 11.7 Å². The quantitative estimate of drug-likeness (QED) is 0.728. The second kappa shape index (κ2) is 8.97. The standard InChI is InChI=1S/C19H21BrN2O2S/c1-13(2)24-17-10-9-15(20)11-16(17)18(23)21-19(25)22(3)12-14-7-5-4-6-8-14/h4-11,13H,12H2,1-3H3,(H,21,23,25). The van der Waals surface area contributed by atoms with Crippen LogP contribution in [0.4, 0.5) is 0 Å². The number of carbonyl (C=O) groups is 1. The summed E-state index contributed by atoms with van der Waals surface area (Å²) in [5.74, 6) is 0.242. The topological polar surface area (TPSA) is 41.6 Å².